The Labute approximate surface area is 114 Å². The highest BCUT2D eigenvalue weighted by Crippen LogP contribution is 2.30. The van der Waals surface area contributed by atoms with E-state index in [0.717, 1.165) is 28.0 Å². The Bertz CT molecular complexity index is 722. The van der Waals surface area contributed by atoms with Crippen molar-refractivity contribution >= 4 is 34.4 Å². The van der Waals surface area contributed by atoms with Gasteiger partial charge in [-0.2, -0.15) is 0 Å². The summed E-state index contributed by atoms with van der Waals surface area (Å²) in [6.45, 7) is 0. The lowest BCUT2D eigenvalue weighted by molar-refractivity contribution is 1.29. The number of pyridine rings is 2. The van der Waals surface area contributed by atoms with Crippen LogP contribution in [0.5, 0.6) is 0 Å². The van der Waals surface area contributed by atoms with Crippen LogP contribution >= 0.6 is 11.9 Å². The van der Waals surface area contributed by atoms with Crippen molar-refractivity contribution in [2.24, 2.45) is 0 Å². The van der Waals surface area contributed by atoms with E-state index < -0.39 is 0 Å². The smallest absolute Gasteiger partial charge is 0.139 e. The number of nitrogens with zero attached hydrogens (tertiary/aromatic N) is 2. The third kappa shape index (κ3) is 2.10. The lowest BCUT2D eigenvalue weighted by atomic mass is 10.1. The molecule has 0 bridgehead atoms. The number of aromatic amines is 1. The number of anilines is 2. The van der Waals surface area contributed by atoms with E-state index in [9.17, 15) is 0 Å². The normalized spacial score (nSPS) is 10.8. The zero-order chi connectivity index (χ0) is 13.2. The van der Waals surface area contributed by atoms with Gasteiger partial charge in [-0.15, -0.1) is 0 Å². The number of nitrogens with one attached hydrogen (secondary N) is 2. The van der Waals surface area contributed by atoms with Gasteiger partial charge in [0.2, 0.25) is 0 Å². The van der Waals surface area contributed by atoms with Gasteiger partial charge < -0.3 is 15.4 Å². The van der Waals surface area contributed by atoms with Crippen LogP contribution in [0.4, 0.5) is 11.4 Å². The van der Waals surface area contributed by atoms with Crippen molar-refractivity contribution in [1.82, 2.24) is 15.0 Å². The van der Waals surface area contributed by atoms with Crippen LogP contribution in [0.15, 0.2) is 36.8 Å². The zero-order valence-electron chi connectivity index (χ0n) is 10.3. The molecular weight excluding hydrogens is 258 g/mol. The summed E-state index contributed by atoms with van der Waals surface area (Å²) in [7, 11) is 0. The Morgan fingerprint density at radius 1 is 1.32 bits per heavy atom. The molecule has 0 fully saturated rings. The van der Waals surface area contributed by atoms with Gasteiger partial charge in [0.1, 0.15) is 5.65 Å². The fourth-order valence-corrected chi connectivity index (χ4v) is 2.35. The number of hydrogen-bond acceptors (Lipinski definition) is 5. The first kappa shape index (κ1) is 11.9. The first-order chi connectivity index (χ1) is 9.29. The average Bonchev–Trinajstić information content (AvgIpc) is 2.89. The van der Waals surface area contributed by atoms with Crippen LogP contribution in [0, 0.1) is 0 Å². The van der Waals surface area contributed by atoms with Gasteiger partial charge in [0.15, 0.2) is 0 Å². The second-order valence-corrected chi connectivity index (χ2v) is 4.67. The van der Waals surface area contributed by atoms with E-state index in [1.54, 1.807) is 12.4 Å². The largest absolute Gasteiger partial charge is 0.398 e. The van der Waals surface area contributed by atoms with Crippen LogP contribution < -0.4 is 10.5 Å². The molecule has 0 aliphatic carbocycles. The molecule has 3 rings (SSSR count). The lowest BCUT2D eigenvalue weighted by Gasteiger charge is -2.08. The van der Waals surface area contributed by atoms with Gasteiger partial charge in [-0.1, -0.05) is 11.9 Å². The van der Waals surface area contributed by atoms with Crippen LogP contribution in [-0.4, -0.2) is 21.2 Å². The molecule has 0 unspecified atom stereocenters. The zero-order valence-corrected chi connectivity index (χ0v) is 11.2. The van der Waals surface area contributed by atoms with Crippen LogP contribution in [-0.2, 0) is 0 Å². The van der Waals surface area contributed by atoms with Gasteiger partial charge in [0.05, 0.1) is 11.4 Å². The third-order valence-corrected chi connectivity index (χ3v) is 3.32. The maximum Gasteiger partial charge on any atom is 0.139 e. The van der Waals surface area contributed by atoms with E-state index in [4.69, 9.17) is 5.73 Å². The van der Waals surface area contributed by atoms with E-state index in [-0.39, 0.29) is 0 Å². The molecule has 19 heavy (non-hydrogen) atoms. The van der Waals surface area contributed by atoms with E-state index in [1.165, 1.54) is 11.9 Å². The number of H-pyrrole nitrogens is 1. The molecular formula is C13H13N5S. The van der Waals surface area contributed by atoms with Crippen molar-refractivity contribution in [3.05, 3.63) is 36.8 Å². The lowest BCUT2D eigenvalue weighted by Crippen LogP contribution is -1.95. The van der Waals surface area contributed by atoms with Gasteiger partial charge in [-0.25, -0.2) is 4.98 Å². The van der Waals surface area contributed by atoms with Crippen molar-refractivity contribution < 1.29 is 0 Å². The fourth-order valence-electron chi connectivity index (χ4n) is 1.99. The van der Waals surface area contributed by atoms with Gasteiger partial charge in [0, 0.05) is 41.5 Å². The maximum absolute atomic E-state index is 6.19. The summed E-state index contributed by atoms with van der Waals surface area (Å²) in [6, 6.07) is 5.80. The molecule has 0 atom stereocenters. The fraction of sp³-hybridized carbons (Fsp3) is 0.0769. The quantitative estimate of drug-likeness (QED) is 0.638. The molecule has 3 aromatic heterocycles. The van der Waals surface area contributed by atoms with Crippen molar-refractivity contribution in [2.45, 2.75) is 0 Å². The van der Waals surface area contributed by atoms with Crippen LogP contribution in [0.3, 0.4) is 0 Å². The predicted octanol–water partition coefficient (Wildman–Crippen LogP) is 2.90. The van der Waals surface area contributed by atoms with Crippen molar-refractivity contribution in [3.63, 3.8) is 0 Å². The molecule has 0 aliphatic heterocycles. The molecule has 0 amide bonds. The molecule has 0 aromatic carbocycles. The van der Waals surface area contributed by atoms with Gasteiger partial charge in [-0.3, -0.25) is 4.98 Å². The summed E-state index contributed by atoms with van der Waals surface area (Å²) in [6.07, 6.45) is 7.31. The number of rotatable bonds is 3. The third-order valence-electron chi connectivity index (χ3n) is 2.88. The first-order valence-electron chi connectivity index (χ1n) is 5.76. The molecule has 3 heterocycles. The summed E-state index contributed by atoms with van der Waals surface area (Å²) in [5, 5.41) is 0.919. The second-order valence-electron chi connectivity index (χ2n) is 4.06. The molecule has 0 radical (unpaired) electrons. The van der Waals surface area contributed by atoms with Crippen LogP contribution in [0.25, 0.3) is 22.3 Å². The molecule has 6 heteroatoms. The molecule has 0 saturated carbocycles. The molecule has 96 valence electrons. The molecule has 0 aliphatic rings. The molecule has 5 nitrogen and oxygen atoms in total. The minimum absolute atomic E-state index is 0.694. The maximum atomic E-state index is 6.19. The molecule has 0 spiro atoms. The van der Waals surface area contributed by atoms with E-state index in [2.05, 4.69) is 19.7 Å². The number of aromatic nitrogens is 3. The van der Waals surface area contributed by atoms with Crippen LogP contribution in [0.2, 0.25) is 0 Å². The highest BCUT2D eigenvalue weighted by Gasteiger charge is 2.10. The Morgan fingerprint density at radius 3 is 3.05 bits per heavy atom. The minimum atomic E-state index is 0.694. The molecule has 3 aromatic rings. The second kappa shape index (κ2) is 4.81. The average molecular weight is 271 g/mol. The predicted molar refractivity (Wildman–Crippen MR) is 80.9 cm³/mol. The summed E-state index contributed by atoms with van der Waals surface area (Å²) in [5.41, 5.74) is 10.3. The van der Waals surface area contributed by atoms with Gasteiger partial charge >= 0.3 is 0 Å². The number of nitrogen functional groups attached to an aromatic ring is 1. The summed E-state index contributed by atoms with van der Waals surface area (Å²) >= 11 is 1.54. The van der Waals surface area contributed by atoms with Gasteiger partial charge in [0.25, 0.3) is 0 Å². The number of fused-ring (bicyclic) bond motifs is 1. The van der Waals surface area contributed by atoms with Crippen LogP contribution in [0.1, 0.15) is 0 Å². The van der Waals surface area contributed by atoms with E-state index >= 15 is 0 Å². The van der Waals surface area contributed by atoms with Gasteiger partial charge in [-0.05, 0) is 18.2 Å². The highest BCUT2D eigenvalue weighted by atomic mass is 32.2. The Hall–Kier alpha value is -2.21. The van der Waals surface area contributed by atoms with Crippen molar-refractivity contribution in [2.75, 3.05) is 16.7 Å². The Kier molecular flexibility index (Phi) is 3.00. The minimum Gasteiger partial charge on any atom is -0.398 e. The summed E-state index contributed by atoms with van der Waals surface area (Å²) in [5.74, 6) is 0. The molecule has 4 N–H and O–H groups in total. The number of nitrogens with two attached hydrogens (primary N) is 1. The Balaban J connectivity index is 2.13. The topological polar surface area (TPSA) is 79.6 Å². The van der Waals surface area contributed by atoms with E-state index in [1.807, 2.05) is 30.7 Å². The van der Waals surface area contributed by atoms with E-state index in [0.29, 0.717) is 5.69 Å². The van der Waals surface area contributed by atoms with Crippen molar-refractivity contribution in [3.8, 4) is 11.3 Å². The first-order valence-corrected chi connectivity index (χ1v) is 6.99. The standard InChI is InChI=1S/C13H13N5S/c1-19-18-8-2-4-15-11(6-8)10-7-17-13-9(12(10)14)3-5-16-13/h2-7H,1H3,(H,15,18)(H3,14,16,17). The monoisotopic (exact) mass is 271 g/mol. The number of hydrogen-bond donors (Lipinski definition) is 3. The SMILES string of the molecule is CSNc1ccnc(-c2cnc3[nH]ccc3c2N)c1. The van der Waals surface area contributed by atoms with Crippen molar-refractivity contribution in [1.29, 1.82) is 0 Å². The summed E-state index contributed by atoms with van der Waals surface area (Å²) in [4.78, 5) is 11.8. The highest BCUT2D eigenvalue weighted by molar-refractivity contribution is 7.99. The molecule has 0 saturated heterocycles. The Morgan fingerprint density at radius 2 is 2.21 bits per heavy atom. The summed E-state index contributed by atoms with van der Waals surface area (Å²) < 4.78 is 3.18.